The van der Waals surface area contributed by atoms with Crippen LogP contribution in [0.25, 0.3) is 0 Å². The molecule has 3 saturated heterocycles. The van der Waals surface area contributed by atoms with Gasteiger partial charge in [0.05, 0.1) is 36.9 Å². The van der Waals surface area contributed by atoms with E-state index in [1.54, 1.807) is 18.5 Å². The van der Waals surface area contributed by atoms with Crippen molar-refractivity contribution in [2.75, 3.05) is 19.7 Å². The number of unbranched alkanes of at least 4 members (excludes halogenated alkanes) is 6. The molecule has 4 heterocycles. The van der Waals surface area contributed by atoms with Crippen molar-refractivity contribution in [3.05, 3.63) is 59.9 Å². The minimum Gasteiger partial charge on any atom is -0.508 e. The van der Waals surface area contributed by atoms with Crippen molar-refractivity contribution in [1.82, 2.24) is 41.4 Å². The van der Waals surface area contributed by atoms with Gasteiger partial charge in [0.25, 0.3) is 0 Å². The maximum absolute atomic E-state index is 14.7. The lowest BCUT2D eigenvalue weighted by Gasteiger charge is -2.34. The van der Waals surface area contributed by atoms with Gasteiger partial charge in [-0.05, 0) is 86.6 Å². The molecular weight excluding hydrogens is 1090 g/mol. The van der Waals surface area contributed by atoms with Crippen molar-refractivity contribution in [2.24, 2.45) is 17.6 Å². The number of fused-ring (bicyclic) bond motifs is 2. The Labute approximate surface area is 491 Å². The van der Waals surface area contributed by atoms with Crippen molar-refractivity contribution in [2.45, 2.75) is 222 Å². The van der Waals surface area contributed by atoms with E-state index in [0.29, 0.717) is 49.5 Å². The number of benzene rings is 1. The Bertz CT molecular complexity index is 2460. The Kier molecular flexibility index (Phi) is 27.7. The number of hydrogen-bond donors (Lipinski definition) is 13. The fourth-order valence-corrected chi connectivity index (χ4v) is 11.1. The molecule has 3 aliphatic rings. The number of rotatable bonds is 26. The Morgan fingerprint density at radius 2 is 1.40 bits per heavy atom. The number of phenols is 1. The summed E-state index contributed by atoms with van der Waals surface area (Å²) in [5.74, 6) is -7.56. The molecule has 25 heteroatoms. The number of hydrogen-bond acceptors (Lipinski definition) is 17. The quantitative estimate of drug-likeness (QED) is 0.0534. The third-order valence-corrected chi connectivity index (χ3v) is 16.0. The monoisotopic (exact) mass is 1180 g/mol. The van der Waals surface area contributed by atoms with Gasteiger partial charge in [0.2, 0.25) is 47.3 Å². The average Bonchev–Trinajstić information content (AvgIpc) is 2.97. The molecule has 3 aliphatic heterocycles. The average molecular weight is 1180 g/mol. The number of amides is 8. The number of nitrogens with zero attached hydrogens (tertiary/aromatic N) is 3. The molecule has 15 atom stereocenters. The number of carbonyl (C=O) groups excluding carboxylic acids is 8. The third kappa shape index (κ3) is 21.0. The summed E-state index contributed by atoms with van der Waals surface area (Å²) in [7, 11) is 0. The number of aromatic nitrogens is 1. The fraction of sp³-hybridized carbons (Fsp3) is 0.678. The first-order valence-corrected chi connectivity index (χ1v) is 29.7. The van der Waals surface area contributed by atoms with Gasteiger partial charge in [-0.2, -0.15) is 0 Å². The minimum atomic E-state index is -2.16. The van der Waals surface area contributed by atoms with E-state index in [0.717, 1.165) is 53.9 Å². The number of carbonyl (C=O) groups is 8. The first kappa shape index (κ1) is 68.4. The van der Waals surface area contributed by atoms with Crippen LogP contribution in [0.3, 0.4) is 0 Å². The van der Waals surface area contributed by atoms with Crippen molar-refractivity contribution in [3.8, 4) is 5.75 Å². The first-order valence-electron chi connectivity index (χ1n) is 29.7. The second-order valence-corrected chi connectivity index (χ2v) is 23.2. The molecule has 0 spiro atoms. The van der Waals surface area contributed by atoms with Gasteiger partial charge in [-0.1, -0.05) is 83.9 Å². The van der Waals surface area contributed by atoms with Gasteiger partial charge in [-0.3, -0.25) is 43.3 Å². The Morgan fingerprint density at radius 3 is 2.07 bits per heavy atom. The van der Waals surface area contributed by atoms with Crippen LogP contribution in [0.2, 0.25) is 0 Å². The van der Waals surface area contributed by atoms with E-state index in [1.165, 1.54) is 37.6 Å². The molecule has 0 bridgehead atoms. The zero-order chi connectivity index (χ0) is 61.6. The van der Waals surface area contributed by atoms with Crippen LogP contribution < -0.4 is 32.3 Å². The first-order chi connectivity index (χ1) is 40.0. The van der Waals surface area contributed by atoms with E-state index in [1.807, 2.05) is 6.07 Å². The maximum atomic E-state index is 14.7. The summed E-state index contributed by atoms with van der Waals surface area (Å²) >= 11 is 0. The van der Waals surface area contributed by atoms with Gasteiger partial charge in [0.1, 0.15) is 48.1 Å². The summed E-state index contributed by atoms with van der Waals surface area (Å²) in [5, 5.41) is 91.1. The molecule has 1 aromatic carbocycles. The predicted octanol–water partition coefficient (Wildman–Crippen LogP) is -0.390. The third-order valence-electron chi connectivity index (χ3n) is 16.0. The molecule has 25 nitrogen and oxygen atoms in total. The van der Waals surface area contributed by atoms with Crippen molar-refractivity contribution in [3.63, 3.8) is 0 Å². The predicted molar refractivity (Wildman–Crippen MR) is 305 cm³/mol. The number of nitrogens with two attached hydrogens (primary N) is 1. The molecule has 0 aliphatic carbocycles. The normalized spacial score (nSPS) is 26.7. The topological polar surface area (TPSA) is 393 Å². The van der Waals surface area contributed by atoms with E-state index >= 15 is 0 Å². The number of aliphatic hydroxyl groups is 6. The van der Waals surface area contributed by atoms with Crippen LogP contribution in [0.15, 0.2) is 48.8 Å². The Hall–Kier alpha value is -6.35. The molecular formula is C59H91N9O16. The summed E-state index contributed by atoms with van der Waals surface area (Å²) < 4.78 is 6.11. The maximum Gasteiger partial charge on any atom is 0.248 e. The van der Waals surface area contributed by atoms with Gasteiger partial charge >= 0.3 is 0 Å². The second-order valence-electron chi connectivity index (χ2n) is 23.2. The molecule has 0 radical (unpaired) electrons. The van der Waals surface area contributed by atoms with Crippen molar-refractivity contribution in [1.29, 1.82) is 0 Å². The zero-order valence-corrected chi connectivity index (χ0v) is 48.9. The number of phenolic OH excluding ortho intramolecular Hbond substituents is 1. The highest BCUT2D eigenvalue weighted by molar-refractivity contribution is 5.98. The molecule has 14 N–H and O–H groups in total. The molecule has 468 valence electrons. The number of primary amides is 1. The number of aliphatic hydroxyl groups excluding tert-OH is 6. The van der Waals surface area contributed by atoms with Crippen LogP contribution in [0.5, 0.6) is 5.75 Å². The van der Waals surface area contributed by atoms with Crippen LogP contribution in [0, 0.1) is 11.8 Å². The summed E-state index contributed by atoms with van der Waals surface area (Å²) in [6, 6.07) is -2.19. The van der Waals surface area contributed by atoms with Crippen LogP contribution in [-0.4, -0.2) is 197 Å². The van der Waals surface area contributed by atoms with Gasteiger partial charge in [0, 0.05) is 57.8 Å². The number of aromatic hydroxyl groups is 1. The van der Waals surface area contributed by atoms with E-state index in [-0.39, 0.29) is 31.7 Å². The molecule has 0 saturated carbocycles. The second kappa shape index (κ2) is 34.0. The number of aryl methyl sites for hydroxylation is 1. The van der Waals surface area contributed by atoms with E-state index in [2.05, 4.69) is 52.3 Å². The summed E-state index contributed by atoms with van der Waals surface area (Å²) in [6.45, 7) is 6.90. The highest BCUT2D eigenvalue weighted by Crippen LogP contribution is 2.26. The van der Waals surface area contributed by atoms with Crippen molar-refractivity contribution < 1.29 is 78.8 Å². The van der Waals surface area contributed by atoms with Crippen LogP contribution in [-0.2, 0) is 55.9 Å². The Balaban J connectivity index is 1.51. The van der Waals surface area contributed by atoms with Crippen LogP contribution in [0.4, 0.5) is 0 Å². The lowest BCUT2D eigenvalue weighted by molar-refractivity contribution is -0.150. The lowest BCUT2D eigenvalue weighted by Crippen LogP contribution is -2.64. The zero-order valence-electron chi connectivity index (χ0n) is 48.9. The minimum absolute atomic E-state index is 0.0405. The molecule has 8 amide bonds. The number of pyridine rings is 1. The van der Waals surface area contributed by atoms with Gasteiger partial charge in [-0.15, -0.1) is 0 Å². The van der Waals surface area contributed by atoms with Crippen LogP contribution in [0.1, 0.15) is 142 Å². The highest BCUT2D eigenvalue weighted by Gasteiger charge is 2.49. The summed E-state index contributed by atoms with van der Waals surface area (Å²) in [5.41, 5.74) is 6.70. The standard InChI is InChI=1S/C59H91N9O16/c1-5-34(2)27-35(3)15-10-8-6-7-9-11-18-48(77)62-41-30-46(75)57(84-26-13-12-16-38-17-14-24-61-32-38)66-56(81)52-43(72)23-25-67(52)59(83)51(45(74)31-47(60)76)65-55(80)50(44(73)28-37-19-21-39(70)22-20-37)64-54(79)42-29-40(71)33-68(42)58(82)49(36(4)69)63-53(41)78/h14,17,19-22,24,32,34-36,40-46,49-52,57,69-75H,5-13,15-16,18,23,25-31,33H2,1-4H3,(H2,60,76)(H,62,77)(H,63,78)(H,64,79)(H,65,80)(H,66,81)/t34-,35+,36+,40+,41-,42-,43-,44+,45+,46+,49-,50-,51-,52-,57?/m0/s1. The number of nitrogens with one attached hydrogen (secondary N) is 5. The van der Waals surface area contributed by atoms with E-state index in [4.69, 9.17) is 10.5 Å². The summed E-state index contributed by atoms with van der Waals surface area (Å²) in [6.07, 6.45) is -1.66. The number of ether oxygens (including phenoxy) is 1. The molecule has 2 aromatic rings. The van der Waals surface area contributed by atoms with Gasteiger partial charge < -0.3 is 82.6 Å². The largest absolute Gasteiger partial charge is 0.508 e. The van der Waals surface area contributed by atoms with E-state index in [9.17, 15) is 74.1 Å². The van der Waals surface area contributed by atoms with E-state index < -0.39 is 159 Å². The van der Waals surface area contributed by atoms with Gasteiger partial charge in [0.15, 0.2) is 6.23 Å². The van der Waals surface area contributed by atoms with Crippen molar-refractivity contribution >= 4 is 47.3 Å². The fourth-order valence-electron chi connectivity index (χ4n) is 11.1. The molecule has 84 heavy (non-hydrogen) atoms. The smallest absolute Gasteiger partial charge is 0.248 e. The molecule has 1 aromatic heterocycles. The molecule has 5 rings (SSSR count). The highest BCUT2D eigenvalue weighted by atomic mass is 16.5. The van der Waals surface area contributed by atoms with Gasteiger partial charge in [-0.25, -0.2) is 0 Å². The lowest BCUT2D eigenvalue weighted by atomic mass is 9.91. The molecule has 1 unspecified atom stereocenters. The van der Waals surface area contributed by atoms with Crippen LogP contribution >= 0.6 is 0 Å². The summed E-state index contributed by atoms with van der Waals surface area (Å²) in [4.78, 5) is 119. The SMILES string of the molecule is CC[C@H](C)C[C@H](C)CCCCCCCCC(=O)N[C@H]1C[C@@H](O)C(OCCCCc2cccnc2)NC(=O)[C@@H]2[C@@H](O)CCN2C(=O)[C@H]([C@H](O)CC(N)=O)NC(=O)[C@H]([C@H](O)Cc2ccc(O)cc2)NC(=O)[C@@H]2C[C@@H](O)CN2C(=O)[C@H]([C@@H](C)O)NC1=O. The molecule has 3 fully saturated rings. The Morgan fingerprint density at radius 1 is 0.738 bits per heavy atom.